The molecule has 0 amide bonds. The first kappa shape index (κ1) is 68.0. The van der Waals surface area contributed by atoms with Crippen molar-refractivity contribution >= 4 is 23.1 Å². The Hall–Kier alpha value is -13.9. The van der Waals surface area contributed by atoms with Gasteiger partial charge in [-0.3, -0.25) is 4.79 Å². The fraction of sp³-hybridized carbons (Fsp3) is 0.0750. The predicted octanol–water partition coefficient (Wildman–Crippen LogP) is 14.2. The Morgan fingerprint density at radius 2 is 0.808 bits per heavy atom. The van der Waals surface area contributed by atoms with Gasteiger partial charge < -0.3 is 67.4 Å². The quantitative estimate of drug-likeness (QED) is 0.0473. The monoisotopic (exact) mass is 1320 g/mol. The van der Waals surface area contributed by atoms with Gasteiger partial charge in [-0.25, -0.2) is 23.7 Å². The van der Waals surface area contributed by atoms with Crippen molar-refractivity contribution in [3.63, 3.8) is 0 Å². The van der Waals surface area contributed by atoms with Gasteiger partial charge in [-0.2, -0.15) is 0 Å². The van der Waals surface area contributed by atoms with Crippen LogP contribution in [0.4, 0.5) is 31.9 Å². The topological polar surface area (TPSA) is 299 Å². The summed E-state index contributed by atoms with van der Waals surface area (Å²) in [5.41, 5.74) is 31.0. The summed E-state index contributed by atoms with van der Waals surface area (Å²) in [7, 11) is 1.94. The Morgan fingerprint density at radius 1 is 0.424 bits per heavy atom. The number of piperidine rings is 1. The molecule has 7 aromatic carbocycles. The summed E-state index contributed by atoms with van der Waals surface area (Å²) in [6.45, 7) is 2.19. The third-order valence-corrected chi connectivity index (χ3v) is 16.1. The summed E-state index contributed by atoms with van der Waals surface area (Å²) in [5.74, 6) is 8.67. The van der Waals surface area contributed by atoms with Crippen molar-refractivity contribution in [2.75, 3.05) is 35.2 Å². The van der Waals surface area contributed by atoms with Gasteiger partial charge in [0, 0.05) is 82.9 Å². The molecular formula is C80H63F2N9O8. The first-order valence-corrected chi connectivity index (χ1v) is 30.5. The van der Waals surface area contributed by atoms with E-state index in [0.717, 1.165) is 41.0 Å². The number of aryl methyl sites for hydroxylation is 1. The van der Waals surface area contributed by atoms with Crippen LogP contribution in [0.2, 0.25) is 0 Å². The number of nitrogens with one attached hydrogen (secondary N) is 1. The Kier molecular flexibility index (Phi) is 20.6. The van der Waals surface area contributed by atoms with Crippen molar-refractivity contribution < 1.29 is 44.5 Å². The molecule has 0 radical (unpaired) electrons. The van der Waals surface area contributed by atoms with Crippen LogP contribution in [0.1, 0.15) is 41.5 Å². The summed E-state index contributed by atoms with van der Waals surface area (Å²) in [4.78, 5) is 30.5. The Labute approximate surface area is 568 Å². The van der Waals surface area contributed by atoms with E-state index < -0.39 is 5.56 Å². The molecule has 1 aliphatic heterocycles. The van der Waals surface area contributed by atoms with Gasteiger partial charge in [-0.15, -0.1) is 25.7 Å². The first-order valence-electron chi connectivity index (χ1n) is 30.5. The number of aromatic nitrogens is 5. The van der Waals surface area contributed by atoms with Crippen LogP contribution in [-0.2, 0) is 7.05 Å². The van der Waals surface area contributed by atoms with Gasteiger partial charge in [0.05, 0.1) is 39.3 Å². The Bertz CT molecular complexity index is 5250. The zero-order valence-electron chi connectivity index (χ0n) is 53.1. The van der Waals surface area contributed by atoms with E-state index in [2.05, 4.69) is 60.7 Å². The number of phenols is 7. The number of nitrogen functional groups attached to an aromatic ring is 3. The number of nitrogens with zero attached hydrogens (tertiary/aromatic N) is 5. The number of terminal acetylenes is 4. The van der Waals surface area contributed by atoms with E-state index in [-0.39, 0.29) is 69.1 Å². The van der Waals surface area contributed by atoms with E-state index >= 15 is 0 Å². The summed E-state index contributed by atoms with van der Waals surface area (Å²) < 4.78 is 28.1. The normalized spacial score (nSPS) is 11.4. The molecular weight excluding hydrogens is 1250 g/mol. The maximum absolute atomic E-state index is 13.1. The number of rotatable bonds is 9. The molecule has 6 heterocycles. The van der Waals surface area contributed by atoms with Crippen molar-refractivity contribution in [3.05, 3.63) is 239 Å². The fourth-order valence-electron chi connectivity index (χ4n) is 11.0. The lowest BCUT2D eigenvalue weighted by Gasteiger charge is -2.28. The third-order valence-electron chi connectivity index (χ3n) is 16.1. The SMILES string of the molecule is C#Cc1c(-c2ccc(O)c(O)c2)cc(-c2ccc(F)cc2)[nH]c1=O.C#Cc1c(-c2ccc(O)c(O)c2)cc(-c2ccc(F)cc2)nc1N.C#Cc1c(-c2ccc(O)c(O)c2)cc(-c2ccc(N3CCCCC3)cc2)nc1N.C#Cc1c(-c2cccc(O)c2)cc(-c2ccn(C)c2)nc1N. The van der Waals surface area contributed by atoms with Gasteiger partial charge in [0.25, 0.3) is 5.56 Å². The standard InChI is InChI=1S/C24H23N3O2.C19H13FN2O2.C19H12FNO3.C18H15N3O/c1-2-19-20(17-8-11-22(28)23(29)14-17)15-21(26-24(19)25)16-6-9-18(10-7-16)27-12-4-3-5-13-27;1-2-14-15(12-5-8-17(23)18(24)9-12)10-16(22-19(14)21)11-3-6-13(20)7-4-11;1-2-14-15(12-5-8-17(22)18(23)9-12)10-16(21-19(14)24)11-3-6-13(20)7-4-11;1-3-15-16(12-5-4-6-14(22)9-12)10-17(20-18(15)19)13-7-8-21(2)11-13/h1,6-11,14-15,28-29H,3-5,12-13H2,(H2,25,26);1,3-10,23-24H,(H2,21,22);1,3-10,22-23H,(H,21,24);1,4-11,22H,2H3,(H2,19,20). The maximum atomic E-state index is 13.1. The number of hydrogen-bond donors (Lipinski definition) is 11. The molecule has 0 aliphatic carbocycles. The van der Waals surface area contributed by atoms with Crippen molar-refractivity contribution in [1.82, 2.24) is 24.5 Å². The average Bonchev–Trinajstić information content (AvgIpc) is 1.63. The summed E-state index contributed by atoms with van der Waals surface area (Å²) in [6.07, 6.45) is 29.9. The number of aromatic hydroxyl groups is 7. The van der Waals surface area contributed by atoms with Crippen LogP contribution in [0.3, 0.4) is 0 Å². The minimum absolute atomic E-state index is 0.103. The van der Waals surface area contributed by atoms with E-state index in [1.165, 1.54) is 97.7 Å². The smallest absolute Gasteiger partial charge is 0.264 e. The number of pyridine rings is 4. The third kappa shape index (κ3) is 15.7. The van der Waals surface area contributed by atoms with Crippen molar-refractivity contribution in [3.8, 4) is 179 Å². The number of phenolic OH excluding ortho intramolecular Hbond substituents is 7. The van der Waals surface area contributed by atoms with Crippen LogP contribution < -0.4 is 27.7 Å². The number of aromatic amines is 1. The zero-order chi connectivity index (χ0) is 70.6. The van der Waals surface area contributed by atoms with Gasteiger partial charge in [0.2, 0.25) is 0 Å². The fourth-order valence-corrected chi connectivity index (χ4v) is 11.0. The van der Waals surface area contributed by atoms with Crippen LogP contribution in [0.25, 0.3) is 89.5 Å². The minimum Gasteiger partial charge on any atom is -0.508 e. The molecule has 17 nitrogen and oxygen atoms in total. The van der Waals surface area contributed by atoms with Crippen LogP contribution in [0.15, 0.2) is 199 Å². The number of hydrogen-bond acceptors (Lipinski definition) is 15. The van der Waals surface area contributed by atoms with Gasteiger partial charge in [-0.1, -0.05) is 66.1 Å². The van der Waals surface area contributed by atoms with Crippen LogP contribution in [-0.4, -0.2) is 73.3 Å². The first-order chi connectivity index (χ1) is 47.6. The van der Waals surface area contributed by atoms with Crippen molar-refractivity contribution in [2.24, 2.45) is 7.05 Å². The summed E-state index contributed by atoms with van der Waals surface area (Å²) in [6, 6.07) is 48.9. The molecule has 1 fully saturated rings. The molecule has 12 aromatic rings. The van der Waals surface area contributed by atoms with Crippen molar-refractivity contribution in [2.45, 2.75) is 19.3 Å². The van der Waals surface area contributed by atoms with Gasteiger partial charge >= 0.3 is 0 Å². The molecule has 99 heavy (non-hydrogen) atoms. The largest absolute Gasteiger partial charge is 0.508 e. The van der Waals surface area contributed by atoms with E-state index in [9.17, 15) is 49.3 Å². The molecule has 0 spiro atoms. The molecule has 0 bridgehead atoms. The summed E-state index contributed by atoms with van der Waals surface area (Å²) >= 11 is 0. The Morgan fingerprint density at radius 3 is 1.20 bits per heavy atom. The van der Waals surface area contributed by atoms with E-state index in [4.69, 9.17) is 42.9 Å². The van der Waals surface area contributed by atoms with Gasteiger partial charge in [0.15, 0.2) is 34.5 Å². The number of nitrogens with two attached hydrogens (primary N) is 3. The second kappa shape index (κ2) is 30.0. The second-order valence-corrected chi connectivity index (χ2v) is 22.7. The average molecular weight is 1320 g/mol. The molecule has 19 heteroatoms. The van der Waals surface area contributed by atoms with Crippen LogP contribution >= 0.6 is 0 Å². The molecule has 13 rings (SSSR count). The molecule has 14 N–H and O–H groups in total. The van der Waals surface area contributed by atoms with E-state index in [1.807, 2.05) is 60.4 Å². The molecule has 5 aromatic heterocycles. The van der Waals surface area contributed by atoms with Crippen LogP contribution in [0, 0.1) is 61.0 Å². The number of benzene rings is 7. The zero-order valence-corrected chi connectivity index (χ0v) is 53.1. The maximum Gasteiger partial charge on any atom is 0.264 e. The lowest BCUT2D eigenvalue weighted by Crippen LogP contribution is -2.29. The lowest BCUT2D eigenvalue weighted by atomic mass is 9.97. The second-order valence-electron chi connectivity index (χ2n) is 22.7. The predicted molar refractivity (Wildman–Crippen MR) is 385 cm³/mol. The Balaban J connectivity index is 0.000000144. The molecule has 0 atom stereocenters. The van der Waals surface area contributed by atoms with E-state index in [1.54, 1.807) is 60.7 Å². The molecule has 490 valence electrons. The van der Waals surface area contributed by atoms with E-state index in [0.29, 0.717) is 84.1 Å². The number of halogens is 2. The van der Waals surface area contributed by atoms with Gasteiger partial charge in [0.1, 0.15) is 34.8 Å². The lowest BCUT2D eigenvalue weighted by molar-refractivity contribution is 0.404. The molecule has 1 saturated heterocycles. The molecule has 1 aliphatic rings. The summed E-state index contributed by atoms with van der Waals surface area (Å²) in [5, 5.41) is 67.5. The number of anilines is 4. The van der Waals surface area contributed by atoms with Gasteiger partial charge in [-0.05, 0) is 187 Å². The van der Waals surface area contributed by atoms with Crippen molar-refractivity contribution in [1.29, 1.82) is 0 Å². The highest BCUT2D eigenvalue weighted by atomic mass is 19.1. The highest BCUT2D eigenvalue weighted by Gasteiger charge is 2.19. The highest BCUT2D eigenvalue weighted by molar-refractivity contribution is 5.85. The minimum atomic E-state index is -0.470. The molecule has 0 unspecified atom stereocenters. The molecule has 0 saturated carbocycles. The number of H-pyrrole nitrogens is 1. The van der Waals surface area contributed by atoms with Crippen LogP contribution in [0.5, 0.6) is 40.2 Å². The highest BCUT2D eigenvalue weighted by Crippen LogP contribution is 2.40.